The summed E-state index contributed by atoms with van der Waals surface area (Å²) in [4.78, 5) is 5.01. The lowest BCUT2D eigenvalue weighted by Gasteiger charge is -2.44. The minimum Gasteiger partial charge on any atom is -0.352 e. The zero-order chi connectivity index (χ0) is 10.8. The van der Waals surface area contributed by atoms with Crippen LogP contribution in [0.5, 0.6) is 0 Å². The summed E-state index contributed by atoms with van der Waals surface area (Å²) in [5.74, 6) is 1.03. The lowest BCUT2D eigenvalue weighted by molar-refractivity contribution is 0.133. The number of piperidine rings is 1. The van der Waals surface area contributed by atoms with Crippen LogP contribution in [0.3, 0.4) is 0 Å². The largest absolute Gasteiger partial charge is 0.352 e. The fourth-order valence-corrected chi connectivity index (χ4v) is 2.83. The highest BCUT2D eigenvalue weighted by Gasteiger charge is 2.29. The van der Waals surface area contributed by atoms with Crippen molar-refractivity contribution < 1.29 is 0 Å². The van der Waals surface area contributed by atoms with E-state index in [0.717, 1.165) is 24.9 Å². The molecule has 0 saturated carbocycles. The third-order valence-electron chi connectivity index (χ3n) is 3.72. The molecule has 2 aliphatic rings. The molecule has 1 aromatic rings. The maximum Gasteiger partial charge on any atom is 0.151 e. The maximum atomic E-state index is 4.20. The van der Waals surface area contributed by atoms with Crippen molar-refractivity contribution in [1.29, 1.82) is 0 Å². The van der Waals surface area contributed by atoms with Crippen molar-refractivity contribution in [2.75, 3.05) is 31.1 Å². The Hall–Kier alpha value is -1.16. The molecular formula is C12H18N4. The Morgan fingerprint density at radius 1 is 1.19 bits per heavy atom. The van der Waals surface area contributed by atoms with Gasteiger partial charge in [0, 0.05) is 31.9 Å². The van der Waals surface area contributed by atoms with E-state index in [9.17, 15) is 0 Å². The molecule has 3 rings (SSSR count). The minimum absolute atomic E-state index is 0.740. The molecule has 0 aromatic carbocycles. The van der Waals surface area contributed by atoms with E-state index >= 15 is 0 Å². The molecule has 3 heterocycles. The van der Waals surface area contributed by atoms with Gasteiger partial charge in [-0.15, -0.1) is 5.10 Å². The van der Waals surface area contributed by atoms with Gasteiger partial charge in [0.2, 0.25) is 0 Å². The fraction of sp³-hybridized carbons (Fsp3) is 0.667. The first kappa shape index (κ1) is 10.0. The first-order chi connectivity index (χ1) is 7.93. The Balaban J connectivity index is 1.71. The molecule has 0 spiro atoms. The van der Waals surface area contributed by atoms with Crippen LogP contribution >= 0.6 is 0 Å². The van der Waals surface area contributed by atoms with Gasteiger partial charge in [0.25, 0.3) is 0 Å². The smallest absolute Gasteiger partial charge is 0.151 e. The predicted molar refractivity (Wildman–Crippen MR) is 63.5 cm³/mol. The van der Waals surface area contributed by atoms with Crippen molar-refractivity contribution in [3.63, 3.8) is 0 Å². The third-order valence-corrected chi connectivity index (χ3v) is 3.72. The summed E-state index contributed by atoms with van der Waals surface area (Å²) in [6.07, 6.45) is 5.84. The number of piperazine rings is 1. The van der Waals surface area contributed by atoms with E-state index in [1.54, 1.807) is 6.20 Å². The van der Waals surface area contributed by atoms with Crippen molar-refractivity contribution >= 4 is 5.82 Å². The molecule has 1 unspecified atom stereocenters. The molecule has 0 amide bonds. The zero-order valence-corrected chi connectivity index (χ0v) is 9.55. The fourth-order valence-electron chi connectivity index (χ4n) is 2.83. The third kappa shape index (κ3) is 1.89. The van der Waals surface area contributed by atoms with Crippen LogP contribution in [0, 0.1) is 0 Å². The maximum absolute atomic E-state index is 4.20. The van der Waals surface area contributed by atoms with Crippen molar-refractivity contribution in [2.45, 2.75) is 25.3 Å². The van der Waals surface area contributed by atoms with Crippen molar-refractivity contribution in [3.05, 3.63) is 18.3 Å². The number of hydrogen-bond donors (Lipinski definition) is 0. The molecule has 16 heavy (non-hydrogen) atoms. The van der Waals surface area contributed by atoms with E-state index in [2.05, 4.69) is 26.1 Å². The molecule has 0 radical (unpaired) electrons. The van der Waals surface area contributed by atoms with Crippen molar-refractivity contribution in [3.8, 4) is 0 Å². The van der Waals surface area contributed by atoms with Gasteiger partial charge in [0.15, 0.2) is 5.82 Å². The van der Waals surface area contributed by atoms with Crippen LogP contribution in [0.1, 0.15) is 19.3 Å². The molecule has 0 bridgehead atoms. The van der Waals surface area contributed by atoms with Gasteiger partial charge in [-0.25, -0.2) is 0 Å². The summed E-state index contributed by atoms with van der Waals surface area (Å²) in [5.41, 5.74) is 0. The minimum atomic E-state index is 0.740. The molecular weight excluding hydrogens is 200 g/mol. The molecule has 86 valence electrons. The SMILES string of the molecule is c1cnnc(N2CCN3CCCCC3C2)c1. The van der Waals surface area contributed by atoms with E-state index < -0.39 is 0 Å². The number of nitrogens with zero attached hydrogens (tertiary/aromatic N) is 4. The average molecular weight is 218 g/mol. The van der Waals surface area contributed by atoms with Gasteiger partial charge in [-0.05, 0) is 31.5 Å². The molecule has 4 nitrogen and oxygen atoms in total. The summed E-state index contributed by atoms with van der Waals surface area (Å²) in [6, 6.07) is 4.77. The second-order valence-electron chi connectivity index (χ2n) is 4.71. The molecule has 0 aliphatic carbocycles. The summed E-state index contributed by atoms with van der Waals surface area (Å²) in [6.45, 7) is 4.69. The first-order valence-electron chi connectivity index (χ1n) is 6.20. The van der Waals surface area contributed by atoms with E-state index in [1.165, 1.54) is 32.4 Å². The van der Waals surface area contributed by atoms with Gasteiger partial charge in [-0.2, -0.15) is 5.10 Å². The van der Waals surface area contributed by atoms with E-state index in [4.69, 9.17) is 0 Å². The summed E-state index contributed by atoms with van der Waals surface area (Å²) < 4.78 is 0. The number of aromatic nitrogens is 2. The Morgan fingerprint density at radius 2 is 2.19 bits per heavy atom. The van der Waals surface area contributed by atoms with Crippen LogP contribution in [0.25, 0.3) is 0 Å². The summed E-state index contributed by atoms with van der Waals surface area (Å²) in [5, 5.41) is 8.16. The average Bonchev–Trinajstić information content (AvgIpc) is 2.39. The lowest BCUT2D eigenvalue weighted by Crippen LogP contribution is -2.55. The van der Waals surface area contributed by atoms with Crippen molar-refractivity contribution in [1.82, 2.24) is 15.1 Å². The van der Waals surface area contributed by atoms with Crippen molar-refractivity contribution in [2.24, 2.45) is 0 Å². The van der Waals surface area contributed by atoms with Crippen LogP contribution in [0.15, 0.2) is 18.3 Å². The van der Waals surface area contributed by atoms with Gasteiger partial charge in [0.05, 0.1) is 0 Å². The number of hydrogen-bond acceptors (Lipinski definition) is 4. The molecule has 2 aliphatic heterocycles. The monoisotopic (exact) mass is 218 g/mol. The Bertz CT molecular complexity index is 340. The molecule has 1 atom stereocenters. The topological polar surface area (TPSA) is 32.3 Å². The van der Waals surface area contributed by atoms with Gasteiger partial charge < -0.3 is 4.90 Å². The van der Waals surface area contributed by atoms with Crippen LogP contribution in [0.2, 0.25) is 0 Å². The lowest BCUT2D eigenvalue weighted by atomic mass is 9.99. The second kappa shape index (κ2) is 4.37. The molecule has 4 heteroatoms. The number of anilines is 1. The van der Waals surface area contributed by atoms with Gasteiger partial charge >= 0.3 is 0 Å². The number of rotatable bonds is 1. The Labute approximate surface area is 96.3 Å². The Kier molecular flexibility index (Phi) is 2.74. The van der Waals surface area contributed by atoms with Gasteiger partial charge in [-0.1, -0.05) is 6.42 Å². The highest BCUT2D eigenvalue weighted by Crippen LogP contribution is 2.23. The van der Waals surface area contributed by atoms with E-state index in [-0.39, 0.29) is 0 Å². The molecule has 0 N–H and O–H groups in total. The summed E-state index contributed by atoms with van der Waals surface area (Å²) >= 11 is 0. The molecule has 2 saturated heterocycles. The van der Waals surface area contributed by atoms with Crippen LogP contribution in [-0.2, 0) is 0 Å². The van der Waals surface area contributed by atoms with Crippen LogP contribution in [0.4, 0.5) is 5.82 Å². The quantitative estimate of drug-likeness (QED) is 0.708. The number of fused-ring (bicyclic) bond motifs is 1. The van der Waals surface area contributed by atoms with E-state index in [1.807, 2.05) is 6.07 Å². The summed E-state index contributed by atoms with van der Waals surface area (Å²) in [7, 11) is 0. The van der Waals surface area contributed by atoms with E-state index in [0.29, 0.717) is 0 Å². The predicted octanol–water partition coefficient (Wildman–Crippen LogP) is 1.15. The normalized spacial score (nSPS) is 26.5. The van der Waals surface area contributed by atoms with Gasteiger partial charge in [0.1, 0.15) is 0 Å². The Morgan fingerprint density at radius 3 is 3.06 bits per heavy atom. The van der Waals surface area contributed by atoms with Crippen LogP contribution < -0.4 is 4.90 Å². The first-order valence-corrected chi connectivity index (χ1v) is 6.20. The highest BCUT2D eigenvalue weighted by molar-refractivity contribution is 5.37. The zero-order valence-electron chi connectivity index (χ0n) is 9.55. The molecule has 2 fully saturated rings. The van der Waals surface area contributed by atoms with Gasteiger partial charge in [-0.3, -0.25) is 4.90 Å². The molecule has 1 aromatic heterocycles. The second-order valence-corrected chi connectivity index (χ2v) is 4.71. The highest BCUT2D eigenvalue weighted by atomic mass is 15.3. The standard InChI is InChI=1S/C12H18N4/c1-2-7-15-8-9-16(10-11(15)4-1)12-5-3-6-13-14-12/h3,5-6,11H,1-2,4,7-10H2. The van der Waals surface area contributed by atoms with Crippen LogP contribution in [-0.4, -0.2) is 47.3 Å².